The van der Waals surface area contributed by atoms with Crippen molar-refractivity contribution in [1.82, 2.24) is 9.97 Å². The van der Waals surface area contributed by atoms with Crippen LogP contribution in [-0.4, -0.2) is 9.97 Å². The van der Waals surface area contributed by atoms with Gasteiger partial charge >= 0.3 is 0 Å². The summed E-state index contributed by atoms with van der Waals surface area (Å²) in [6.07, 6.45) is 0. The molecule has 9 rings (SSSR count). The van der Waals surface area contributed by atoms with Gasteiger partial charge in [0.1, 0.15) is 11.2 Å². The van der Waals surface area contributed by atoms with E-state index in [0.29, 0.717) is 5.82 Å². The fourth-order valence-electron chi connectivity index (χ4n) is 7.12. The Labute approximate surface area is 243 Å². The Hall–Kier alpha value is -5.28. The van der Waals surface area contributed by atoms with E-state index >= 15 is 0 Å². The van der Waals surface area contributed by atoms with E-state index in [1.54, 1.807) is 0 Å². The number of nitrogens with zero attached hydrogens (tertiary/aromatic N) is 2. The molecule has 0 fully saturated rings. The van der Waals surface area contributed by atoms with E-state index < -0.39 is 0 Å². The maximum atomic E-state index is 6.22. The number of aromatic nitrogens is 2. The average molecular weight is 539 g/mol. The molecule has 6 aromatic carbocycles. The molecule has 2 heterocycles. The maximum Gasteiger partial charge on any atom is 0.160 e. The minimum absolute atomic E-state index is 0.139. The monoisotopic (exact) mass is 538 g/mol. The Balaban J connectivity index is 1.33. The fraction of sp³-hybridized carbons (Fsp3) is 0.0769. The van der Waals surface area contributed by atoms with Crippen LogP contribution in [0.1, 0.15) is 25.0 Å². The van der Waals surface area contributed by atoms with Crippen molar-refractivity contribution >= 4 is 43.6 Å². The van der Waals surface area contributed by atoms with Crippen molar-refractivity contribution in [2.24, 2.45) is 0 Å². The second kappa shape index (κ2) is 8.37. The number of furan rings is 1. The highest BCUT2D eigenvalue weighted by Crippen LogP contribution is 2.53. The Bertz CT molecular complexity index is 2400. The third-order valence-electron chi connectivity index (χ3n) is 9.06. The third kappa shape index (κ3) is 3.16. The quantitative estimate of drug-likeness (QED) is 0.220. The highest BCUT2D eigenvalue weighted by molar-refractivity contribution is 6.09. The molecule has 0 saturated heterocycles. The van der Waals surface area contributed by atoms with E-state index in [9.17, 15) is 0 Å². The van der Waals surface area contributed by atoms with Gasteiger partial charge in [-0.05, 0) is 57.3 Å². The number of hydrogen-bond acceptors (Lipinski definition) is 3. The van der Waals surface area contributed by atoms with E-state index in [1.807, 2.05) is 24.3 Å². The lowest BCUT2D eigenvalue weighted by Gasteiger charge is -2.24. The SMILES string of the molecule is CC1(C)c2ccccc2-c2ccc3cccc(-c4nc(-c5ccc6c(c5)oc5ccccc56)nc5ccccc45)c3c21. The molecule has 42 heavy (non-hydrogen) atoms. The van der Waals surface area contributed by atoms with Gasteiger partial charge in [0.05, 0.1) is 11.2 Å². The summed E-state index contributed by atoms with van der Waals surface area (Å²) in [7, 11) is 0. The van der Waals surface area contributed by atoms with Crippen molar-refractivity contribution in [2.45, 2.75) is 19.3 Å². The molecule has 0 atom stereocenters. The summed E-state index contributed by atoms with van der Waals surface area (Å²) in [5, 5.41) is 5.75. The zero-order valence-corrected chi connectivity index (χ0v) is 23.3. The molecule has 1 aliphatic rings. The normalized spacial score (nSPS) is 13.7. The predicted molar refractivity (Wildman–Crippen MR) is 173 cm³/mol. The van der Waals surface area contributed by atoms with Crippen LogP contribution in [-0.2, 0) is 5.41 Å². The molecular weight excluding hydrogens is 512 g/mol. The van der Waals surface area contributed by atoms with Gasteiger partial charge in [-0.1, -0.05) is 111 Å². The van der Waals surface area contributed by atoms with Gasteiger partial charge in [0.2, 0.25) is 0 Å². The van der Waals surface area contributed by atoms with Crippen LogP contribution in [0.3, 0.4) is 0 Å². The first-order valence-electron chi connectivity index (χ1n) is 14.4. The summed E-state index contributed by atoms with van der Waals surface area (Å²) in [4.78, 5) is 10.4. The Kier molecular flexibility index (Phi) is 4.67. The number of hydrogen-bond donors (Lipinski definition) is 0. The lowest BCUT2D eigenvalue weighted by Crippen LogP contribution is -2.15. The van der Waals surface area contributed by atoms with Crippen molar-refractivity contribution < 1.29 is 4.42 Å². The summed E-state index contributed by atoms with van der Waals surface area (Å²) in [6, 6.07) is 42.8. The number of para-hydroxylation sites is 2. The van der Waals surface area contributed by atoms with Crippen molar-refractivity contribution in [3.8, 4) is 33.8 Å². The van der Waals surface area contributed by atoms with Crippen molar-refractivity contribution in [3.63, 3.8) is 0 Å². The van der Waals surface area contributed by atoms with E-state index in [4.69, 9.17) is 14.4 Å². The largest absolute Gasteiger partial charge is 0.456 e. The van der Waals surface area contributed by atoms with Gasteiger partial charge in [0.15, 0.2) is 5.82 Å². The highest BCUT2D eigenvalue weighted by Gasteiger charge is 2.37. The molecule has 0 saturated carbocycles. The van der Waals surface area contributed by atoms with Crippen LogP contribution in [0.4, 0.5) is 0 Å². The van der Waals surface area contributed by atoms with Crippen LogP contribution in [0.25, 0.3) is 77.4 Å². The number of fused-ring (bicyclic) bond motifs is 9. The molecule has 0 amide bonds. The Morgan fingerprint density at radius 3 is 2.26 bits per heavy atom. The number of rotatable bonds is 2. The Morgan fingerprint density at radius 2 is 1.33 bits per heavy atom. The van der Waals surface area contributed by atoms with Crippen LogP contribution < -0.4 is 0 Å². The van der Waals surface area contributed by atoms with Gasteiger partial charge in [-0.3, -0.25) is 0 Å². The standard InChI is InChI=1S/C39H26N2O/c1-39(2)31-15-6-3-11-25(31)28-21-18-23-10-9-14-30(35(23)36(28)39)37-29-13-4-7-16-32(29)40-38(41-37)24-19-20-27-26-12-5-8-17-33(26)42-34(27)22-24/h3-22H,1-2H3. The Morgan fingerprint density at radius 1 is 0.571 bits per heavy atom. The van der Waals surface area contributed by atoms with Gasteiger partial charge < -0.3 is 4.42 Å². The summed E-state index contributed by atoms with van der Waals surface area (Å²) in [5.74, 6) is 0.693. The molecule has 8 aromatic rings. The summed E-state index contributed by atoms with van der Waals surface area (Å²) in [5.41, 5.74) is 10.9. The van der Waals surface area contributed by atoms with Crippen LogP contribution in [0.5, 0.6) is 0 Å². The molecule has 3 heteroatoms. The maximum absolute atomic E-state index is 6.22. The highest BCUT2D eigenvalue weighted by atomic mass is 16.3. The zero-order chi connectivity index (χ0) is 28.0. The smallest absolute Gasteiger partial charge is 0.160 e. The third-order valence-corrected chi connectivity index (χ3v) is 9.06. The minimum Gasteiger partial charge on any atom is -0.456 e. The topological polar surface area (TPSA) is 38.9 Å². The molecule has 1 aliphatic carbocycles. The second-order valence-electron chi connectivity index (χ2n) is 11.8. The van der Waals surface area contributed by atoms with Crippen molar-refractivity contribution in [2.75, 3.05) is 0 Å². The molecule has 0 aliphatic heterocycles. The first-order valence-corrected chi connectivity index (χ1v) is 14.4. The van der Waals surface area contributed by atoms with E-state index in [1.165, 1.54) is 33.0 Å². The molecule has 3 nitrogen and oxygen atoms in total. The minimum atomic E-state index is -0.139. The predicted octanol–water partition coefficient (Wildman–Crippen LogP) is 10.3. The van der Waals surface area contributed by atoms with Crippen molar-refractivity contribution in [3.05, 3.63) is 132 Å². The van der Waals surface area contributed by atoms with Gasteiger partial charge in [-0.25, -0.2) is 9.97 Å². The summed E-state index contributed by atoms with van der Waals surface area (Å²) >= 11 is 0. The van der Waals surface area contributed by atoms with E-state index in [0.717, 1.165) is 49.7 Å². The summed E-state index contributed by atoms with van der Waals surface area (Å²) < 4.78 is 6.22. The van der Waals surface area contributed by atoms with Crippen LogP contribution >= 0.6 is 0 Å². The zero-order valence-electron chi connectivity index (χ0n) is 23.3. The van der Waals surface area contributed by atoms with E-state index in [2.05, 4.69) is 111 Å². The molecule has 0 radical (unpaired) electrons. The average Bonchev–Trinajstić information content (AvgIpc) is 3.52. The lowest BCUT2D eigenvalue weighted by molar-refractivity contribution is 0.666. The van der Waals surface area contributed by atoms with Crippen LogP contribution in [0, 0.1) is 0 Å². The van der Waals surface area contributed by atoms with Gasteiger partial charge in [0.25, 0.3) is 0 Å². The molecule has 0 N–H and O–H groups in total. The molecule has 0 unspecified atom stereocenters. The van der Waals surface area contributed by atoms with Crippen LogP contribution in [0.15, 0.2) is 126 Å². The molecule has 0 bridgehead atoms. The molecular formula is C39H26N2O. The van der Waals surface area contributed by atoms with Gasteiger partial charge in [0, 0.05) is 32.7 Å². The van der Waals surface area contributed by atoms with Crippen molar-refractivity contribution in [1.29, 1.82) is 0 Å². The molecule has 198 valence electrons. The lowest BCUT2D eigenvalue weighted by atomic mass is 9.79. The van der Waals surface area contributed by atoms with Crippen LogP contribution in [0.2, 0.25) is 0 Å². The van der Waals surface area contributed by atoms with E-state index in [-0.39, 0.29) is 5.41 Å². The molecule has 0 spiro atoms. The molecule has 2 aromatic heterocycles. The first-order chi connectivity index (χ1) is 20.6. The summed E-state index contributed by atoms with van der Waals surface area (Å²) in [6.45, 7) is 4.69. The number of benzene rings is 6. The van der Waals surface area contributed by atoms with Gasteiger partial charge in [-0.15, -0.1) is 0 Å². The van der Waals surface area contributed by atoms with Gasteiger partial charge in [-0.2, -0.15) is 0 Å². The fourth-order valence-corrected chi connectivity index (χ4v) is 7.12. The second-order valence-corrected chi connectivity index (χ2v) is 11.8. The first kappa shape index (κ1) is 23.4.